The summed E-state index contributed by atoms with van der Waals surface area (Å²) in [5.74, 6) is -0.176. The number of rotatable bonds is 3. The van der Waals surface area contributed by atoms with Crippen LogP contribution in [0.4, 0.5) is 11.4 Å². The van der Waals surface area contributed by atoms with Gasteiger partial charge in [0.1, 0.15) is 0 Å². The number of nitrogens with two attached hydrogens (primary N) is 1. The van der Waals surface area contributed by atoms with Gasteiger partial charge in [0.2, 0.25) is 0 Å². The molecule has 0 atom stereocenters. The predicted molar refractivity (Wildman–Crippen MR) is 90.7 cm³/mol. The highest BCUT2D eigenvalue weighted by Gasteiger charge is 2.07. The molecule has 0 aliphatic carbocycles. The first-order valence-electron chi connectivity index (χ1n) is 6.51. The largest absolute Gasteiger partial charge is 0.376 e. The third-order valence-electron chi connectivity index (χ3n) is 3.16. The second kappa shape index (κ2) is 6.37. The summed E-state index contributed by atoms with van der Waals surface area (Å²) >= 11 is 4.78. The van der Waals surface area contributed by atoms with Gasteiger partial charge in [-0.3, -0.25) is 4.79 Å². The molecule has 0 radical (unpaired) electrons. The molecule has 21 heavy (non-hydrogen) atoms. The number of thiocarbonyl (C=S) groups is 1. The highest BCUT2D eigenvalue weighted by Crippen LogP contribution is 2.16. The van der Waals surface area contributed by atoms with Gasteiger partial charge in [0.15, 0.2) is 5.11 Å². The van der Waals surface area contributed by atoms with Gasteiger partial charge in [0.05, 0.1) is 0 Å². The minimum atomic E-state index is -0.176. The number of aryl methyl sites for hydroxylation is 2. The SMILES string of the molecule is Cc1ccc(NC(=O)c2cccc(NC(N)=S)c2)cc1C. The number of hydrogen-bond donors (Lipinski definition) is 3. The number of amides is 1. The molecule has 108 valence electrons. The molecule has 0 aromatic heterocycles. The first-order chi connectivity index (χ1) is 9.95. The van der Waals surface area contributed by atoms with Crippen LogP contribution in [0.15, 0.2) is 42.5 Å². The van der Waals surface area contributed by atoms with Crippen molar-refractivity contribution in [3.63, 3.8) is 0 Å². The molecule has 2 aromatic rings. The van der Waals surface area contributed by atoms with Gasteiger partial charge >= 0.3 is 0 Å². The molecule has 2 rings (SSSR count). The van der Waals surface area contributed by atoms with Crippen LogP contribution in [-0.2, 0) is 0 Å². The van der Waals surface area contributed by atoms with Crippen LogP contribution >= 0.6 is 12.2 Å². The third-order valence-corrected chi connectivity index (χ3v) is 3.26. The monoisotopic (exact) mass is 299 g/mol. The fourth-order valence-corrected chi connectivity index (χ4v) is 2.02. The molecular formula is C16H17N3OS. The average Bonchev–Trinajstić information content (AvgIpc) is 2.42. The molecule has 0 bridgehead atoms. The van der Waals surface area contributed by atoms with Crippen LogP contribution in [0.2, 0.25) is 0 Å². The van der Waals surface area contributed by atoms with Gasteiger partial charge in [-0.25, -0.2) is 0 Å². The van der Waals surface area contributed by atoms with E-state index in [0.29, 0.717) is 11.3 Å². The maximum Gasteiger partial charge on any atom is 0.255 e. The van der Waals surface area contributed by atoms with E-state index < -0.39 is 0 Å². The van der Waals surface area contributed by atoms with Crippen molar-refractivity contribution in [3.8, 4) is 0 Å². The van der Waals surface area contributed by atoms with Crippen molar-refractivity contribution in [3.05, 3.63) is 59.2 Å². The Labute approximate surface area is 129 Å². The molecule has 0 aliphatic heterocycles. The molecule has 0 saturated heterocycles. The van der Waals surface area contributed by atoms with Crippen LogP contribution in [-0.4, -0.2) is 11.0 Å². The quantitative estimate of drug-likeness (QED) is 0.761. The molecule has 4 N–H and O–H groups in total. The Morgan fingerprint density at radius 2 is 1.71 bits per heavy atom. The lowest BCUT2D eigenvalue weighted by Crippen LogP contribution is -2.19. The second-order valence-electron chi connectivity index (χ2n) is 4.82. The van der Waals surface area contributed by atoms with E-state index >= 15 is 0 Å². The molecule has 0 fully saturated rings. The zero-order valence-corrected chi connectivity index (χ0v) is 12.8. The summed E-state index contributed by atoms with van der Waals surface area (Å²) in [5.41, 5.74) is 9.75. The van der Waals surface area contributed by atoms with Gasteiger partial charge in [-0.1, -0.05) is 12.1 Å². The molecule has 0 aliphatic rings. The fourth-order valence-electron chi connectivity index (χ4n) is 1.90. The maximum atomic E-state index is 12.2. The minimum absolute atomic E-state index is 0.168. The van der Waals surface area contributed by atoms with Gasteiger partial charge < -0.3 is 16.4 Å². The zero-order chi connectivity index (χ0) is 15.4. The summed E-state index contributed by atoms with van der Waals surface area (Å²) < 4.78 is 0. The van der Waals surface area contributed by atoms with E-state index in [4.69, 9.17) is 18.0 Å². The number of nitrogens with one attached hydrogen (secondary N) is 2. The summed E-state index contributed by atoms with van der Waals surface area (Å²) in [7, 11) is 0. The molecule has 0 spiro atoms. The Kier molecular flexibility index (Phi) is 4.55. The Hall–Kier alpha value is -2.40. The van der Waals surface area contributed by atoms with E-state index in [0.717, 1.165) is 11.3 Å². The van der Waals surface area contributed by atoms with Crippen LogP contribution in [0.25, 0.3) is 0 Å². The molecule has 1 amide bonds. The highest BCUT2D eigenvalue weighted by molar-refractivity contribution is 7.80. The van der Waals surface area contributed by atoms with Crippen molar-refractivity contribution < 1.29 is 4.79 Å². The van der Waals surface area contributed by atoms with Crippen LogP contribution in [0.1, 0.15) is 21.5 Å². The smallest absolute Gasteiger partial charge is 0.255 e. The molecule has 2 aromatic carbocycles. The van der Waals surface area contributed by atoms with E-state index in [1.807, 2.05) is 32.0 Å². The van der Waals surface area contributed by atoms with E-state index in [-0.39, 0.29) is 11.0 Å². The predicted octanol–water partition coefficient (Wildman–Crippen LogP) is 3.21. The molecule has 4 nitrogen and oxygen atoms in total. The lowest BCUT2D eigenvalue weighted by atomic mass is 10.1. The Morgan fingerprint density at radius 3 is 2.38 bits per heavy atom. The summed E-state index contributed by atoms with van der Waals surface area (Å²) in [5, 5.41) is 5.85. The normalized spacial score (nSPS) is 10.0. The van der Waals surface area contributed by atoms with Crippen molar-refractivity contribution in [2.45, 2.75) is 13.8 Å². The van der Waals surface area contributed by atoms with Crippen LogP contribution in [0.3, 0.4) is 0 Å². The number of carbonyl (C=O) groups excluding carboxylic acids is 1. The third kappa shape index (κ3) is 4.03. The Morgan fingerprint density at radius 1 is 1.00 bits per heavy atom. The van der Waals surface area contributed by atoms with Crippen LogP contribution < -0.4 is 16.4 Å². The fraction of sp³-hybridized carbons (Fsp3) is 0.125. The van der Waals surface area contributed by atoms with Crippen LogP contribution in [0, 0.1) is 13.8 Å². The van der Waals surface area contributed by atoms with Crippen molar-refractivity contribution in [1.82, 2.24) is 0 Å². The molecular weight excluding hydrogens is 282 g/mol. The van der Waals surface area contributed by atoms with E-state index in [1.54, 1.807) is 24.3 Å². The number of anilines is 2. The molecule has 0 heterocycles. The van der Waals surface area contributed by atoms with Gasteiger partial charge in [0, 0.05) is 16.9 Å². The Bertz CT molecular complexity index is 698. The lowest BCUT2D eigenvalue weighted by molar-refractivity contribution is 0.102. The number of carbonyl (C=O) groups is 1. The van der Waals surface area contributed by atoms with Crippen molar-refractivity contribution >= 4 is 34.6 Å². The number of benzene rings is 2. The van der Waals surface area contributed by atoms with E-state index in [9.17, 15) is 4.79 Å². The topological polar surface area (TPSA) is 67.2 Å². The van der Waals surface area contributed by atoms with Gasteiger partial charge in [-0.2, -0.15) is 0 Å². The maximum absolute atomic E-state index is 12.2. The summed E-state index contributed by atoms with van der Waals surface area (Å²) in [6, 6.07) is 12.8. The first-order valence-corrected chi connectivity index (χ1v) is 6.91. The van der Waals surface area contributed by atoms with Crippen molar-refractivity contribution in [2.24, 2.45) is 5.73 Å². The minimum Gasteiger partial charge on any atom is -0.376 e. The van der Waals surface area contributed by atoms with Gasteiger partial charge in [-0.05, 0) is 67.5 Å². The second-order valence-corrected chi connectivity index (χ2v) is 5.26. The first kappa shape index (κ1) is 15.0. The molecule has 5 heteroatoms. The Balaban J connectivity index is 2.16. The number of hydrogen-bond acceptors (Lipinski definition) is 2. The standard InChI is InChI=1S/C16H17N3OS/c1-10-6-7-14(8-11(10)2)18-15(20)12-4-3-5-13(9-12)19-16(17)21/h3-9H,1-2H3,(H,18,20)(H3,17,19,21). The van der Waals surface area contributed by atoms with Crippen molar-refractivity contribution in [1.29, 1.82) is 0 Å². The van der Waals surface area contributed by atoms with Crippen LogP contribution in [0.5, 0.6) is 0 Å². The molecule has 0 saturated carbocycles. The average molecular weight is 299 g/mol. The summed E-state index contributed by atoms with van der Waals surface area (Å²) in [4.78, 5) is 12.2. The zero-order valence-electron chi connectivity index (χ0n) is 11.9. The molecule has 0 unspecified atom stereocenters. The van der Waals surface area contributed by atoms with Crippen molar-refractivity contribution in [2.75, 3.05) is 10.6 Å². The lowest BCUT2D eigenvalue weighted by Gasteiger charge is -2.09. The van der Waals surface area contributed by atoms with E-state index in [1.165, 1.54) is 5.56 Å². The van der Waals surface area contributed by atoms with E-state index in [2.05, 4.69) is 10.6 Å². The van der Waals surface area contributed by atoms with Gasteiger partial charge in [0.25, 0.3) is 5.91 Å². The van der Waals surface area contributed by atoms with Gasteiger partial charge in [-0.15, -0.1) is 0 Å². The summed E-state index contributed by atoms with van der Waals surface area (Å²) in [6.45, 7) is 4.05. The summed E-state index contributed by atoms with van der Waals surface area (Å²) in [6.07, 6.45) is 0. The highest BCUT2D eigenvalue weighted by atomic mass is 32.1.